The molecule has 2 heterocycles. The molecule has 7 nitrogen and oxygen atoms in total. The van der Waals surface area contributed by atoms with Gasteiger partial charge in [0.1, 0.15) is 11.0 Å². The lowest BCUT2D eigenvalue weighted by Crippen LogP contribution is -2.20. The number of rotatable bonds is 9. The lowest BCUT2D eigenvalue weighted by Gasteiger charge is -2.18. The highest BCUT2D eigenvalue weighted by molar-refractivity contribution is 8.00. The minimum Gasteiger partial charge on any atom is -0.492 e. The Morgan fingerprint density at radius 2 is 1.79 bits per heavy atom. The van der Waals surface area contributed by atoms with Crippen LogP contribution >= 0.6 is 11.8 Å². The monoisotopic (exact) mass is 471 g/mol. The van der Waals surface area contributed by atoms with Gasteiger partial charge in [0.25, 0.3) is 0 Å². The molecule has 1 aliphatic carbocycles. The van der Waals surface area contributed by atoms with Crippen molar-refractivity contribution in [2.45, 2.75) is 36.2 Å². The number of pyridine rings is 1. The van der Waals surface area contributed by atoms with Crippen LogP contribution in [-0.2, 0) is 4.79 Å². The van der Waals surface area contributed by atoms with E-state index in [9.17, 15) is 4.79 Å². The number of carbonyl (C=O) groups is 1. The van der Waals surface area contributed by atoms with Gasteiger partial charge in [0.15, 0.2) is 11.0 Å². The Morgan fingerprint density at radius 3 is 2.53 bits per heavy atom. The van der Waals surface area contributed by atoms with Crippen molar-refractivity contribution in [1.29, 1.82) is 0 Å². The van der Waals surface area contributed by atoms with Gasteiger partial charge in [0.2, 0.25) is 5.91 Å². The number of nitrogens with one attached hydrogen (secondary N) is 1. The van der Waals surface area contributed by atoms with Gasteiger partial charge in [0.05, 0.1) is 12.3 Å². The van der Waals surface area contributed by atoms with E-state index in [4.69, 9.17) is 4.74 Å². The van der Waals surface area contributed by atoms with Crippen LogP contribution in [0.2, 0.25) is 0 Å². The van der Waals surface area contributed by atoms with E-state index in [2.05, 4.69) is 25.1 Å². The Hall–Kier alpha value is -3.65. The molecule has 1 unspecified atom stereocenters. The molecule has 1 aliphatic rings. The largest absolute Gasteiger partial charge is 0.492 e. The van der Waals surface area contributed by atoms with Gasteiger partial charge in [-0.3, -0.25) is 14.3 Å². The number of carbonyl (C=O) groups excluding carboxylic acids is 1. The predicted octanol–water partition coefficient (Wildman–Crippen LogP) is 5.55. The Bertz CT molecular complexity index is 1260. The molecule has 0 saturated heterocycles. The molecule has 1 amide bonds. The highest BCUT2D eigenvalue weighted by Gasteiger charge is 2.33. The first-order chi connectivity index (χ1) is 16.7. The maximum atomic E-state index is 13.6. The second kappa shape index (κ2) is 10.1. The van der Waals surface area contributed by atoms with Crippen molar-refractivity contribution in [2.75, 3.05) is 11.9 Å². The van der Waals surface area contributed by atoms with E-state index in [1.54, 1.807) is 12.4 Å². The fraction of sp³-hybridized carbons (Fsp3) is 0.231. The maximum Gasteiger partial charge on any atom is 0.242 e. The van der Waals surface area contributed by atoms with Crippen LogP contribution in [-0.4, -0.2) is 32.3 Å². The van der Waals surface area contributed by atoms with Crippen molar-refractivity contribution in [3.05, 3.63) is 84.7 Å². The van der Waals surface area contributed by atoms with Crippen molar-refractivity contribution in [3.8, 4) is 17.1 Å². The van der Waals surface area contributed by atoms with Gasteiger partial charge >= 0.3 is 0 Å². The van der Waals surface area contributed by atoms with E-state index >= 15 is 0 Å². The van der Waals surface area contributed by atoms with Crippen LogP contribution in [0.4, 0.5) is 5.69 Å². The predicted molar refractivity (Wildman–Crippen MR) is 133 cm³/mol. The van der Waals surface area contributed by atoms with Gasteiger partial charge in [-0.25, -0.2) is 0 Å². The molecule has 1 saturated carbocycles. The molecular formula is C26H25N5O2S. The first-order valence-electron chi connectivity index (χ1n) is 11.3. The number of hydrogen-bond donors (Lipinski definition) is 1. The van der Waals surface area contributed by atoms with Crippen molar-refractivity contribution in [3.63, 3.8) is 0 Å². The summed E-state index contributed by atoms with van der Waals surface area (Å²) >= 11 is 1.42. The summed E-state index contributed by atoms with van der Waals surface area (Å²) in [5.41, 5.74) is 2.51. The number of hydrogen-bond acceptors (Lipinski definition) is 6. The van der Waals surface area contributed by atoms with E-state index in [0.717, 1.165) is 34.9 Å². The second-order valence-electron chi connectivity index (χ2n) is 7.97. The third-order valence-corrected chi connectivity index (χ3v) is 6.73. The minimum absolute atomic E-state index is 0.140. The van der Waals surface area contributed by atoms with Gasteiger partial charge in [-0.2, -0.15) is 0 Å². The molecule has 2 aromatic heterocycles. The van der Waals surface area contributed by atoms with Crippen LogP contribution in [0.5, 0.6) is 5.75 Å². The van der Waals surface area contributed by atoms with Crippen molar-refractivity contribution in [1.82, 2.24) is 19.7 Å². The summed E-state index contributed by atoms with van der Waals surface area (Å²) in [5.74, 6) is 1.32. The molecule has 0 spiro atoms. The summed E-state index contributed by atoms with van der Waals surface area (Å²) in [5, 5.41) is 12.3. The molecule has 1 N–H and O–H groups in total. The first kappa shape index (κ1) is 22.2. The highest BCUT2D eigenvalue weighted by Crippen LogP contribution is 2.44. The van der Waals surface area contributed by atoms with Crippen LogP contribution in [0.1, 0.15) is 36.6 Å². The Morgan fingerprint density at radius 1 is 1.06 bits per heavy atom. The summed E-state index contributed by atoms with van der Waals surface area (Å²) in [6.07, 6.45) is 5.66. The molecule has 172 valence electrons. The van der Waals surface area contributed by atoms with Crippen LogP contribution in [0.15, 0.2) is 84.3 Å². The molecule has 1 fully saturated rings. The lowest BCUT2D eigenvalue weighted by molar-refractivity contribution is -0.115. The number of amides is 1. The van der Waals surface area contributed by atoms with E-state index in [1.807, 2.05) is 73.7 Å². The molecular weight excluding hydrogens is 446 g/mol. The molecule has 0 aliphatic heterocycles. The van der Waals surface area contributed by atoms with Crippen molar-refractivity contribution >= 4 is 23.4 Å². The number of thioether (sulfide) groups is 1. The maximum absolute atomic E-state index is 13.6. The molecule has 8 heteroatoms. The van der Waals surface area contributed by atoms with E-state index in [0.29, 0.717) is 24.1 Å². The summed E-state index contributed by atoms with van der Waals surface area (Å²) in [4.78, 5) is 17.7. The Kier molecular flexibility index (Phi) is 6.58. The normalized spacial score (nSPS) is 13.9. The fourth-order valence-electron chi connectivity index (χ4n) is 3.77. The zero-order valence-electron chi connectivity index (χ0n) is 18.8. The van der Waals surface area contributed by atoms with E-state index < -0.39 is 5.25 Å². The van der Waals surface area contributed by atoms with E-state index in [1.165, 1.54) is 11.8 Å². The average molecular weight is 472 g/mol. The number of ether oxygens (including phenoxy) is 1. The molecule has 4 aromatic rings. The van der Waals surface area contributed by atoms with Crippen LogP contribution in [0, 0.1) is 0 Å². The lowest BCUT2D eigenvalue weighted by atomic mass is 10.1. The summed E-state index contributed by atoms with van der Waals surface area (Å²) in [6, 6.07) is 21.5. The van der Waals surface area contributed by atoms with Gasteiger partial charge in [-0.15, -0.1) is 10.2 Å². The fourth-order valence-corrected chi connectivity index (χ4v) is 4.88. The topological polar surface area (TPSA) is 81.9 Å². The quantitative estimate of drug-likeness (QED) is 0.323. The minimum atomic E-state index is -0.511. The van der Waals surface area contributed by atoms with Crippen LogP contribution in [0.3, 0.4) is 0 Å². The number of nitrogens with zero attached hydrogens (tertiary/aromatic N) is 4. The van der Waals surface area contributed by atoms with Crippen LogP contribution < -0.4 is 10.1 Å². The molecule has 34 heavy (non-hydrogen) atoms. The highest BCUT2D eigenvalue weighted by atomic mass is 32.2. The third-order valence-electron chi connectivity index (χ3n) is 5.52. The van der Waals surface area contributed by atoms with E-state index in [-0.39, 0.29) is 5.91 Å². The molecule has 1 atom stereocenters. The summed E-state index contributed by atoms with van der Waals surface area (Å²) < 4.78 is 7.86. The Balaban J connectivity index is 1.48. The van der Waals surface area contributed by atoms with Gasteiger partial charge in [-0.05, 0) is 49.6 Å². The first-order valence-corrected chi connectivity index (χ1v) is 12.2. The third kappa shape index (κ3) is 4.82. The SMILES string of the molecule is CCOc1ccccc1NC(=O)C(Sc1nnc(-c2ccncc2)n1C1CC1)c1ccccc1. The zero-order chi connectivity index (χ0) is 23.3. The smallest absolute Gasteiger partial charge is 0.242 e. The number of anilines is 1. The molecule has 0 radical (unpaired) electrons. The molecule has 0 bridgehead atoms. The van der Waals surface area contributed by atoms with Gasteiger partial charge in [0, 0.05) is 24.0 Å². The van der Waals surface area contributed by atoms with Crippen LogP contribution in [0.25, 0.3) is 11.4 Å². The summed E-state index contributed by atoms with van der Waals surface area (Å²) in [7, 11) is 0. The average Bonchev–Trinajstić information content (AvgIpc) is 3.63. The van der Waals surface area contributed by atoms with Crippen molar-refractivity contribution < 1.29 is 9.53 Å². The molecule has 2 aromatic carbocycles. The number of benzene rings is 2. The zero-order valence-corrected chi connectivity index (χ0v) is 19.6. The Labute approximate surface area is 202 Å². The second-order valence-corrected chi connectivity index (χ2v) is 9.04. The number of para-hydroxylation sites is 2. The van der Waals surface area contributed by atoms with Gasteiger partial charge < -0.3 is 10.1 Å². The summed E-state index contributed by atoms with van der Waals surface area (Å²) in [6.45, 7) is 2.44. The number of aromatic nitrogens is 4. The van der Waals surface area contributed by atoms with Crippen molar-refractivity contribution in [2.24, 2.45) is 0 Å². The van der Waals surface area contributed by atoms with Gasteiger partial charge in [-0.1, -0.05) is 54.2 Å². The standard InChI is InChI=1S/C26H25N5O2S/c1-2-33-22-11-7-6-10-21(22)28-25(32)23(18-8-4-3-5-9-18)34-26-30-29-24(31(26)20-12-13-20)19-14-16-27-17-15-19/h3-11,14-17,20,23H,2,12-13H2,1H3,(H,28,32). The molecule has 5 rings (SSSR count).